The average Bonchev–Trinajstić information content (AvgIpc) is 2.87. The van der Waals surface area contributed by atoms with Crippen molar-refractivity contribution in [2.45, 2.75) is 11.3 Å². The molecule has 0 radical (unpaired) electrons. The van der Waals surface area contributed by atoms with Crippen molar-refractivity contribution in [3.63, 3.8) is 0 Å². The van der Waals surface area contributed by atoms with Gasteiger partial charge in [0, 0.05) is 15.5 Å². The molecule has 1 heterocycles. The van der Waals surface area contributed by atoms with Gasteiger partial charge in [-0.3, -0.25) is 4.31 Å². The average molecular weight is 432 g/mol. The Bertz CT molecular complexity index is 822. The van der Waals surface area contributed by atoms with Gasteiger partial charge in [-0.05, 0) is 52.2 Å². The fourth-order valence-electron chi connectivity index (χ4n) is 2.48. The van der Waals surface area contributed by atoms with E-state index < -0.39 is 10.0 Å². The molecule has 21 heavy (non-hydrogen) atoms. The van der Waals surface area contributed by atoms with Crippen molar-refractivity contribution in [2.24, 2.45) is 0 Å². The topological polar surface area (TPSA) is 63.4 Å². The predicted octanol–water partition coefficient (Wildman–Crippen LogP) is 3.55. The Morgan fingerprint density at radius 1 is 1.14 bits per heavy atom. The highest BCUT2D eigenvalue weighted by Gasteiger charge is 2.33. The molecule has 1 aliphatic rings. The van der Waals surface area contributed by atoms with E-state index in [4.69, 9.17) is 5.73 Å². The number of fused-ring (bicyclic) bond motifs is 1. The van der Waals surface area contributed by atoms with Gasteiger partial charge < -0.3 is 5.73 Å². The number of hydrogen-bond acceptors (Lipinski definition) is 3. The molecule has 0 aromatic heterocycles. The van der Waals surface area contributed by atoms with E-state index in [1.54, 1.807) is 24.3 Å². The zero-order valence-corrected chi connectivity index (χ0v) is 14.9. The highest BCUT2D eigenvalue weighted by atomic mass is 79.9. The molecule has 0 bridgehead atoms. The number of rotatable bonds is 2. The Balaban J connectivity index is 2.16. The second-order valence-corrected chi connectivity index (χ2v) is 8.36. The molecule has 2 aromatic rings. The molecule has 4 nitrogen and oxygen atoms in total. The first-order valence-corrected chi connectivity index (χ1v) is 9.29. The molecule has 1 aliphatic heterocycles. The Kier molecular flexibility index (Phi) is 3.75. The van der Waals surface area contributed by atoms with Crippen molar-refractivity contribution < 1.29 is 8.42 Å². The molecule has 0 saturated carbocycles. The summed E-state index contributed by atoms with van der Waals surface area (Å²) >= 11 is 6.63. The van der Waals surface area contributed by atoms with Crippen molar-refractivity contribution in [2.75, 3.05) is 16.6 Å². The summed E-state index contributed by atoms with van der Waals surface area (Å²) in [5, 5.41) is 0. The lowest BCUT2D eigenvalue weighted by molar-refractivity contribution is 0.592. The Labute approximate surface area is 140 Å². The lowest BCUT2D eigenvalue weighted by Crippen LogP contribution is -2.30. The normalized spacial score (nSPS) is 14.3. The molecule has 0 spiro atoms. The fraction of sp³-hybridized carbons (Fsp3) is 0.143. The maximum absolute atomic E-state index is 12.9. The van der Waals surface area contributed by atoms with E-state index in [1.165, 1.54) is 4.31 Å². The lowest BCUT2D eigenvalue weighted by atomic mass is 10.1. The summed E-state index contributed by atoms with van der Waals surface area (Å²) in [7, 11) is -3.65. The number of hydrogen-bond donors (Lipinski definition) is 1. The van der Waals surface area contributed by atoms with E-state index in [0.29, 0.717) is 33.3 Å². The molecule has 0 fully saturated rings. The molecular formula is C14H12Br2N2O2S. The second kappa shape index (κ2) is 5.30. The van der Waals surface area contributed by atoms with Crippen LogP contribution in [-0.4, -0.2) is 15.0 Å². The van der Waals surface area contributed by atoms with Crippen LogP contribution in [-0.2, 0) is 16.4 Å². The van der Waals surface area contributed by atoms with E-state index in [-0.39, 0.29) is 4.90 Å². The van der Waals surface area contributed by atoms with Gasteiger partial charge >= 0.3 is 0 Å². The molecule has 110 valence electrons. The Morgan fingerprint density at radius 2 is 1.90 bits per heavy atom. The molecule has 3 rings (SSSR count). The minimum Gasteiger partial charge on any atom is -0.397 e. The van der Waals surface area contributed by atoms with Crippen molar-refractivity contribution in [1.82, 2.24) is 0 Å². The monoisotopic (exact) mass is 430 g/mol. The SMILES string of the molecule is Nc1cccc2c1N(S(=O)(=O)c1cc(Br)ccc1Br)CC2. The number of nitrogen functional groups attached to an aromatic ring is 1. The molecular weight excluding hydrogens is 420 g/mol. The number of nitrogens with two attached hydrogens (primary N) is 1. The van der Waals surface area contributed by atoms with Gasteiger partial charge in [-0.2, -0.15) is 0 Å². The third-order valence-corrected chi connectivity index (χ3v) is 6.73. The van der Waals surface area contributed by atoms with E-state index in [9.17, 15) is 8.42 Å². The van der Waals surface area contributed by atoms with Crippen LogP contribution in [0.4, 0.5) is 11.4 Å². The van der Waals surface area contributed by atoms with Gasteiger partial charge in [0.15, 0.2) is 0 Å². The van der Waals surface area contributed by atoms with Gasteiger partial charge in [-0.15, -0.1) is 0 Å². The molecule has 0 aliphatic carbocycles. The van der Waals surface area contributed by atoms with Crippen LogP contribution in [0.15, 0.2) is 50.2 Å². The largest absolute Gasteiger partial charge is 0.397 e. The van der Waals surface area contributed by atoms with Crippen molar-refractivity contribution in [1.29, 1.82) is 0 Å². The van der Waals surface area contributed by atoms with Gasteiger partial charge in [-0.25, -0.2) is 8.42 Å². The van der Waals surface area contributed by atoms with Gasteiger partial charge in [-0.1, -0.05) is 28.1 Å². The van der Waals surface area contributed by atoms with Crippen LogP contribution >= 0.6 is 31.9 Å². The predicted molar refractivity (Wildman–Crippen MR) is 90.9 cm³/mol. The van der Waals surface area contributed by atoms with Crippen LogP contribution in [0.25, 0.3) is 0 Å². The standard InChI is InChI=1S/C14H12Br2N2O2S/c15-10-4-5-11(16)13(8-10)21(19,20)18-7-6-9-2-1-3-12(17)14(9)18/h1-5,8H,6-7,17H2. The number of nitrogens with zero attached hydrogens (tertiary/aromatic N) is 1. The summed E-state index contributed by atoms with van der Waals surface area (Å²) in [4.78, 5) is 0.230. The van der Waals surface area contributed by atoms with Crippen LogP contribution in [0.1, 0.15) is 5.56 Å². The van der Waals surface area contributed by atoms with E-state index in [2.05, 4.69) is 31.9 Å². The van der Waals surface area contributed by atoms with Crippen LogP contribution in [0.3, 0.4) is 0 Å². The highest BCUT2D eigenvalue weighted by Crippen LogP contribution is 2.39. The fourth-order valence-corrected chi connectivity index (χ4v) is 5.48. The van der Waals surface area contributed by atoms with Gasteiger partial charge in [0.25, 0.3) is 10.0 Å². The summed E-state index contributed by atoms with van der Waals surface area (Å²) in [6.45, 7) is 0.408. The van der Waals surface area contributed by atoms with Crippen molar-refractivity contribution >= 4 is 53.3 Å². The third kappa shape index (κ3) is 2.47. The summed E-state index contributed by atoms with van der Waals surface area (Å²) in [5.74, 6) is 0. The van der Waals surface area contributed by atoms with E-state index in [0.717, 1.165) is 5.56 Å². The number of halogens is 2. The zero-order valence-electron chi connectivity index (χ0n) is 10.9. The number of benzene rings is 2. The zero-order chi connectivity index (χ0) is 15.2. The Hall–Kier alpha value is -1.05. The maximum Gasteiger partial charge on any atom is 0.265 e. The van der Waals surface area contributed by atoms with Gasteiger partial charge in [0.05, 0.1) is 11.4 Å². The summed E-state index contributed by atoms with van der Waals surface area (Å²) in [5.41, 5.74) is 8.03. The van der Waals surface area contributed by atoms with Gasteiger partial charge in [0.2, 0.25) is 0 Å². The van der Waals surface area contributed by atoms with Crippen molar-refractivity contribution in [3.8, 4) is 0 Å². The molecule has 0 atom stereocenters. The maximum atomic E-state index is 12.9. The molecule has 2 aromatic carbocycles. The van der Waals surface area contributed by atoms with Crippen LogP contribution < -0.4 is 10.0 Å². The number of anilines is 2. The number of sulfonamides is 1. The van der Waals surface area contributed by atoms with Crippen molar-refractivity contribution in [3.05, 3.63) is 50.9 Å². The van der Waals surface area contributed by atoms with Crippen LogP contribution in [0.2, 0.25) is 0 Å². The third-order valence-electron chi connectivity index (χ3n) is 3.45. The highest BCUT2D eigenvalue weighted by molar-refractivity contribution is 9.11. The number of para-hydroxylation sites is 1. The summed E-state index contributed by atoms with van der Waals surface area (Å²) < 4.78 is 28.5. The lowest BCUT2D eigenvalue weighted by Gasteiger charge is -2.21. The molecule has 7 heteroatoms. The smallest absolute Gasteiger partial charge is 0.265 e. The summed E-state index contributed by atoms with van der Waals surface area (Å²) in [6.07, 6.45) is 0.672. The first-order chi connectivity index (χ1) is 9.91. The molecule has 2 N–H and O–H groups in total. The second-order valence-electron chi connectivity index (χ2n) is 4.76. The summed E-state index contributed by atoms with van der Waals surface area (Å²) in [6, 6.07) is 10.6. The van der Waals surface area contributed by atoms with Crippen LogP contribution in [0, 0.1) is 0 Å². The van der Waals surface area contributed by atoms with E-state index in [1.807, 2.05) is 12.1 Å². The first-order valence-electron chi connectivity index (χ1n) is 6.26. The molecule has 0 saturated heterocycles. The minimum absolute atomic E-state index is 0.230. The molecule has 0 unspecified atom stereocenters. The Morgan fingerprint density at radius 3 is 2.67 bits per heavy atom. The van der Waals surface area contributed by atoms with Crippen LogP contribution in [0.5, 0.6) is 0 Å². The molecule has 0 amide bonds. The van der Waals surface area contributed by atoms with Gasteiger partial charge in [0.1, 0.15) is 4.90 Å². The van der Waals surface area contributed by atoms with E-state index >= 15 is 0 Å². The minimum atomic E-state index is -3.65. The first kappa shape index (κ1) is 14.9. The quantitative estimate of drug-likeness (QED) is 0.739.